The van der Waals surface area contributed by atoms with Gasteiger partial charge in [0.2, 0.25) is 11.5 Å². The molecule has 3 N–H and O–H groups in total. The van der Waals surface area contributed by atoms with Gasteiger partial charge >= 0.3 is 0 Å². The predicted octanol–water partition coefficient (Wildman–Crippen LogP) is 4.08. The van der Waals surface area contributed by atoms with Gasteiger partial charge in [-0.2, -0.15) is 0 Å². The molecule has 1 aromatic rings. The maximum absolute atomic E-state index is 10.5. The van der Waals surface area contributed by atoms with E-state index < -0.39 is 7.04 Å². The summed E-state index contributed by atoms with van der Waals surface area (Å²) < 4.78 is 31.5. The minimum Gasteiger partial charge on any atom is -0.504 e. The Morgan fingerprint density at radius 2 is 1.38 bits per heavy atom. The first kappa shape index (κ1) is 15.9. The quantitative estimate of drug-likeness (QED) is 0.302. The summed E-state index contributed by atoms with van der Waals surface area (Å²) in [6.07, 6.45) is 8.83. The smallest absolute Gasteiger partial charge is 0.207 e. The number of phenolic OH excluding ortho intramolecular Hbond substituents is 2. The zero-order valence-electron chi connectivity index (χ0n) is 17.7. The molecule has 24 heavy (non-hydrogen) atoms. The molecule has 0 radical (unpaired) electrons. The van der Waals surface area contributed by atoms with Crippen LogP contribution in [0.3, 0.4) is 0 Å². The van der Waals surface area contributed by atoms with E-state index in [1.54, 1.807) is 6.92 Å². The number of aromatic hydroxyl groups is 2. The number of aliphatic hydroxyl groups excluding tert-OH is 1. The highest BCUT2D eigenvalue weighted by molar-refractivity contribution is 5.65. The Kier molecular flexibility index (Phi) is 7.30. The van der Waals surface area contributed by atoms with Crippen LogP contribution in [0.1, 0.15) is 66.6 Å². The molecular weight excluding hydrogens is 309 g/mol. The Morgan fingerprint density at radius 3 is 1.92 bits per heavy atom. The number of methoxy groups -OCH3 is 2. The highest BCUT2D eigenvalue weighted by Crippen LogP contribution is 2.48. The van der Waals surface area contributed by atoms with Gasteiger partial charge in [-0.05, 0) is 26.2 Å². The lowest BCUT2D eigenvalue weighted by atomic mass is 9.98. The van der Waals surface area contributed by atoms with Crippen molar-refractivity contribution in [1.29, 1.82) is 0 Å². The van der Waals surface area contributed by atoms with Gasteiger partial charge in [-0.3, -0.25) is 0 Å². The van der Waals surface area contributed by atoms with Crippen molar-refractivity contribution in [2.75, 3.05) is 20.8 Å². The van der Waals surface area contributed by atoms with Crippen molar-refractivity contribution < 1.29 is 28.9 Å². The van der Waals surface area contributed by atoms with E-state index in [4.69, 9.17) is 18.7 Å². The fourth-order valence-corrected chi connectivity index (χ4v) is 2.91. The van der Waals surface area contributed by atoms with Crippen LogP contribution in [0, 0.1) is 6.92 Å². The number of ether oxygens (including phenoxy) is 2. The minimum absolute atomic E-state index is 0.159. The molecule has 1 aromatic carbocycles. The molecule has 0 aliphatic carbocycles. The van der Waals surface area contributed by atoms with E-state index in [1.807, 2.05) is 0 Å². The van der Waals surface area contributed by atoms with Crippen molar-refractivity contribution >= 4 is 0 Å². The third-order valence-electron chi connectivity index (χ3n) is 4.37. The number of unbranched alkanes of at least 4 members (excludes halogenated alkanes) is 7. The molecule has 138 valence electrons. The lowest BCUT2D eigenvalue weighted by molar-refractivity contribution is 0.282. The minimum atomic E-state index is -2.76. The standard InChI is InChI=1S/C19H32O5/c1-14-15(12-10-8-6-4-5-7-9-11-13-20)17(22)19(24-3)18(23-2)16(14)21/h20-22H,4-13H2,1-3H3/i2+1D3. The number of benzene rings is 1. The number of rotatable bonds is 12. The molecule has 0 unspecified atom stereocenters. The van der Waals surface area contributed by atoms with Crippen molar-refractivity contribution in [2.45, 2.75) is 64.7 Å². The third-order valence-corrected chi connectivity index (χ3v) is 4.37. The van der Waals surface area contributed by atoms with Gasteiger partial charge in [0, 0.05) is 17.7 Å². The molecule has 0 amide bonds. The summed E-state index contributed by atoms with van der Waals surface area (Å²) in [5, 5.41) is 29.6. The van der Waals surface area contributed by atoms with Crippen LogP contribution in [-0.2, 0) is 6.42 Å². The van der Waals surface area contributed by atoms with Gasteiger partial charge in [-0.15, -0.1) is 0 Å². The molecule has 5 nitrogen and oxygen atoms in total. The summed E-state index contributed by atoms with van der Waals surface area (Å²) >= 11 is 0. The second-order valence-electron chi connectivity index (χ2n) is 6.07. The van der Waals surface area contributed by atoms with Gasteiger partial charge in [0.1, 0.15) is 0 Å². The van der Waals surface area contributed by atoms with E-state index in [0.717, 1.165) is 51.4 Å². The first-order chi connectivity index (χ1) is 12.7. The SMILES string of the molecule is [2H][13C]([2H])([2H])Oc1c(O)c(C)c(CCCCCCCCCCO)c(O)c1OC. The largest absolute Gasteiger partial charge is 0.504 e. The maximum atomic E-state index is 10.5. The molecule has 1 rings (SSSR count). The molecule has 0 spiro atoms. The van der Waals surface area contributed by atoms with Crippen molar-refractivity contribution in [3.8, 4) is 23.0 Å². The molecule has 0 heterocycles. The second-order valence-corrected chi connectivity index (χ2v) is 6.07. The maximum Gasteiger partial charge on any atom is 0.207 e. The molecule has 0 aliphatic heterocycles. The summed E-state index contributed by atoms with van der Waals surface area (Å²) in [6.45, 7) is 1.88. The molecule has 5 heteroatoms. The average molecular weight is 344 g/mol. The molecule has 0 atom stereocenters. The van der Waals surface area contributed by atoms with Crippen LogP contribution in [0.4, 0.5) is 0 Å². The van der Waals surface area contributed by atoms with E-state index in [0.29, 0.717) is 17.5 Å². The fraction of sp³-hybridized carbons (Fsp3) is 0.684. The molecule has 0 aliphatic rings. The Labute approximate surface area is 149 Å². The lowest BCUT2D eigenvalue weighted by Crippen LogP contribution is -1.99. The molecule has 0 saturated heterocycles. The van der Waals surface area contributed by atoms with Crippen LogP contribution in [0.15, 0.2) is 0 Å². The molecule has 0 aromatic heterocycles. The van der Waals surface area contributed by atoms with Crippen molar-refractivity contribution in [3.05, 3.63) is 11.1 Å². The predicted molar refractivity (Wildman–Crippen MR) is 95.3 cm³/mol. The first-order valence-corrected chi connectivity index (χ1v) is 8.64. The normalized spacial score (nSPS) is 13.2. The van der Waals surface area contributed by atoms with Crippen LogP contribution in [0.2, 0.25) is 0 Å². The van der Waals surface area contributed by atoms with E-state index in [2.05, 4.69) is 0 Å². The number of hydrogen-bond donors (Lipinski definition) is 3. The van der Waals surface area contributed by atoms with Crippen LogP contribution < -0.4 is 9.47 Å². The van der Waals surface area contributed by atoms with Crippen LogP contribution in [0.25, 0.3) is 0 Å². The van der Waals surface area contributed by atoms with Crippen molar-refractivity contribution in [1.82, 2.24) is 0 Å². The highest BCUT2D eigenvalue weighted by Gasteiger charge is 2.22. The van der Waals surface area contributed by atoms with Crippen LogP contribution in [-0.4, -0.2) is 36.1 Å². The van der Waals surface area contributed by atoms with E-state index in [-0.39, 0.29) is 29.6 Å². The Bertz CT molecular complexity index is 588. The van der Waals surface area contributed by atoms with Gasteiger partial charge in [0.25, 0.3) is 0 Å². The lowest BCUT2D eigenvalue weighted by Gasteiger charge is -2.17. The van der Waals surface area contributed by atoms with Gasteiger partial charge in [-0.1, -0.05) is 38.5 Å². The van der Waals surface area contributed by atoms with Gasteiger partial charge < -0.3 is 24.8 Å². The Morgan fingerprint density at radius 1 is 0.833 bits per heavy atom. The Hall–Kier alpha value is -1.62. The van der Waals surface area contributed by atoms with E-state index >= 15 is 0 Å². The summed E-state index contributed by atoms with van der Waals surface area (Å²) in [4.78, 5) is 0. The summed E-state index contributed by atoms with van der Waals surface area (Å²) in [7, 11) is -1.47. The first-order valence-electron chi connectivity index (χ1n) is 10.1. The zero-order valence-corrected chi connectivity index (χ0v) is 14.7. The van der Waals surface area contributed by atoms with Crippen LogP contribution in [0.5, 0.6) is 23.0 Å². The molecular formula is C19H32O5. The van der Waals surface area contributed by atoms with Crippen molar-refractivity contribution in [2.24, 2.45) is 0 Å². The molecule has 0 bridgehead atoms. The monoisotopic (exact) mass is 344 g/mol. The number of phenols is 2. The molecule has 0 saturated carbocycles. The van der Waals surface area contributed by atoms with Crippen molar-refractivity contribution in [3.63, 3.8) is 0 Å². The molecule has 0 fully saturated rings. The summed E-state index contributed by atoms with van der Waals surface area (Å²) in [6, 6.07) is 0. The fourth-order valence-electron chi connectivity index (χ4n) is 2.91. The van der Waals surface area contributed by atoms with E-state index in [1.165, 1.54) is 7.11 Å². The zero-order chi connectivity index (χ0) is 20.4. The van der Waals surface area contributed by atoms with Gasteiger partial charge in [0.05, 0.1) is 18.3 Å². The summed E-state index contributed by atoms with van der Waals surface area (Å²) in [5.41, 5.74) is 0.946. The summed E-state index contributed by atoms with van der Waals surface area (Å²) in [5.74, 6) is -1.03. The third kappa shape index (κ3) is 5.48. The van der Waals surface area contributed by atoms with E-state index in [9.17, 15) is 10.2 Å². The highest BCUT2D eigenvalue weighted by atomic mass is 16.6. The number of aliphatic hydroxyl groups is 1. The topological polar surface area (TPSA) is 79.2 Å². The Balaban J connectivity index is 2.67. The average Bonchev–Trinajstić information content (AvgIpc) is 2.60. The van der Waals surface area contributed by atoms with Gasteiger partial charge in [0.15, 0.2) is 11.5 Å². The van der Waals surface area contributed by atoms with Crippen LogP contribution >= 0.6 is 0 Å². The van der Waals surface area contributed by atoms with Gasteiger partial charge in [-0.25, -0.2) is 0 Å². The second kappa shape index (κ2) is 11.0. The number of hydrogen-bond acceptors (Lipinski definition) is 5.